The Bertz CT molecular complexity index is 1190. The SMILES string of the molecule is Cc1ncc(-c2ccc(F)cc2)c(C2CCCN(Cc3cnn(-c4ccccc4)c3)C2)n1. The second-order valence-electron chi connectivity index (χ2n) is 8.43. The first-order valence-corrected chi connectivity index (χ1v) is 11.1. The third-order valence-corrected chi connectivity index (χ3v) is 6.05. The van der Waals surface area contributed by atoms with Gasteiger partial charge in [-0.05, 0) is 56.1 Å². The van der Waals surface area contributed by atoms with Crippen molar-refractivity contribution in [2.75, 3.05) is 13.1 Å². The minimum absolute atomic E-state index is 0.233. The van der Waals surface area contributed by atoms with E-state index in [1.54, 1.807) is 0 Å². The molecule has 0 N–H and O–H groups in total. The van der Waals surface area contributed by atoms with Crippen molar-refractivity contribution in [3.63, 3.8) is 0 Å². The fourth-order valence-electron chi connectivity index (χ4n) is 4.49. The maximum atomic E-state index is 13.4. The summed E-state index contributed by atoms with van der Waals surface area (Å²) >= 11 is 0. The van der Waals surface area contributed by atoms with Crippen LogP contribution in [-0.4, -0.2) is 37.7 Å². The molecule has 1 aliphatic rings. The second-order valence-corrected chi connectivity index (χ2v) is 8.43. The molecule has 4 aromatic rings. The average molecular weight is 428 g/mol. The summed E-state index contributed by atoms with van der Waals surface area (Å²) in [5, 5.41) is 4.54. The predicted molar refractivity (Wildman–Crippen MR) is 123 cm³/mol. The molecule has 0 saturated carbocycles. The first-order chi connectivity index (χ1) is 15.7. The van der Waals surface area contributed by atoms with E-state index in [0.717, 1.165) is 60.8 Å². The van der Waals surface area contributed by atoms with Crippen molar-refractivity contribution >= 4 is 0 Å². The number of hydrogen-bond donors (Lipinski definition) is 0. The number of halogens is 1. The van der Waals surface area contributed by atoms with E-state index in [1.807, 2.05) is 54.3 Å². The standard InChI is InChI=1S/C26H26FN5/c1-19-28-15-25(21-9-11-23(27)12-10-21)26(30-19)22-6-5-13-31(18-22)16-20-14-29-32(17-20)24-7-3-2-4-8-24/h2-4,7-12,14-15,17,22H,5-6,13,16,18H2,1H3. The molecule has 2 aromatic heterocycles. The van der Waals surface area contributed by atoms with E-state index in [-0.39, 0.29) is 5.82 Å². The molecule has 0 radical (unpaired) electrons. The Labute approximate surface area is 187 Å². The van der Waals surface area contributed by atoms with Gasteiger partial charge in [0, 0.05) is 42.5 Å². The zero-order valence-corrected chi connectivity index (χ0v) is 18.2. The summed E-state index contributed by atoms with van der Waals surface area (Å²) in [5.74, 6) is 0.852. The van der Waals surface area contributed by atoms with E-state index < -0.39 is 0 Å². The van der Waals surface area contributed by atoms with E-state index in [4.69, 9.17) is 4.98 Å². The number of nitrogens with zero attached hydrogens (tertiary/aromatic N) is 5. The van der Waals surface area contributed by atoms with Crippen molar-refractivity contribution in [3.05, 3.63) is 96.1 Å². The highest BCUT2D eigenvalue weighted by Crippen LogP contribution is 2.33. The molecule has 5 rings (SSSR count). The molecule has 2 aromatic carbocycles. The number of benzene rings is 2. The van der Waals surface area contributed by atoms with Crippen LogP contribution < -0.4 is 0 Å². The normalized spacial score (nSPS) is 16.9. The van der Waals surface area contributed by atoms with E-state index in [9.17, 15) is 4.39 Å². The van der Waals surface area contributed by atoms with Crippen molar-refractivity contribution < 1.29 is 4.39 Å². The lowest BCUT2D eigenvalue weighted by Gasteiger charge is -2.33. The third-order valence-electron chi connectivity index (χ3n) is 6.05. The smallest absolute Gasteiger partial charge is 0.125 e. The number of likely N-dealkylation sites (tertiary alicyclic amines) is 1. The van der Waals surface area contributed by atoms with E-state index in [0.29, 0.717) is 5.92 Å². The van der Waals surface area contributed by atoms with Gasteiger partial charge in [-0.3, -0.25) is 4.90 Å². The monoisotopic (exact) mass is 427 g/mol. The predicted octanol–water partition coefficient (Wildman–Crippen LogP) is 5.16. The molecule has 162 valence electrons. The van der Waals surface area contributed by atoms with Gasteiger partial charge in [-0.2, -0.15) is 5.10 Å². The van der Waals surface area contributed by atoms with Gasteiger partial charge in [0.2, 0.25) is 0 Å². The number of aromatic nitrogens is 4. The third kappa shape index (κ3) is 4.46. The maximum Gasteiger partial charge on any atom is 0.125 e. The minimum atomic E-state index is -0.233. The molecule has 1 saturated heterocycles. The zero-order valence-electron chi connectivity index (χ0n) is 18.2. The lowest BCUT2D eigenvalue weighted by molar-refractivity contribution is 0.198. The zero-order chi connectivity index (χ0) is 21.9. The van der Waals surface area contributed by atoms with Crippen molar-refractivity contribution in [1.29, 1.82) is 0 Å². The molecule has 1 unspecified atom stereocenters. The molecule has 1 aliphatic heterocycles. The molecule has 0 aliphatic carbocycles. The molecule has 32 heavy (non-hydrogen) atoms. The minimum Gasteiger partial charge on any atom is -0.298 e. The number of para-hydroxylation sites is 1. The Hall–Kier alpha value is -3.38. The van der Waals surface area contributed by atoms with E-state index in [1.165, 1.54) is 17.7 Å². The highest BCUT2D eigenvalue weighted by atomic mass is 19.1. The van der Waals surface area contributed by atoms with Gasteiger partial charge in [-0.15, -0.1) is 0 Å². The van der Waals surface area contributed by atoms with Crippen LogP contribution in [0.5, 0.6) is 0 Å². The van der Waals surface area contributed by atoms with Crippen LogP contribution in [0.4, 0.5) is 4.39 Å². The summed E-state index contributed by atoms with van der Waals surface area (Å²) in [7, 11) is 0. The lowest BCUT2D eigenvalue weighted by Crippen LogP contribution is -2.34. The van der Waals surface area contributed by atoms with Gasteiger partial charge in [0.25, 0.3) is 0 Å². The highest BCUT2D eigenvalue weighted by Gasteiger charge is 2.25. The average Bonchev–Trinajstić information content (AvgIpc) is 3.29. The summed E-state index contributed by atoms with van der Waals surface area (Å²) < 4.78 is 15.4. The van der Waals surface area contributed by atoms with Gasteiger partial charge >= 0.3 is 0 Å². The first kappa shape index (κ1) is 20.5. The maximum absolute atomic E-state index is 13.4. The van der Waals surface area contributed by atoms with Crippen LogP contribution in [0.2, 0.25) is 0 Å². The van der Waals surface area contributed by atoms with Crippen LogP contribution >= 0.6 is 0 Å². The molecule has 0 bridgehead atoms. The van der Waals surface area contributed by atoms with Crippen molar-refractivity contribution in [1.82, 2.24) is 24.6 Å². The topological polar surface area (TPSA) is 46.8 Å². The Morgan fingerprint density at radius 3 is 2.66 bits per heavy atom. The van der Waals surface area contributed by atoms with Crippen molar-refractivity contribution in [2.45, 2.75) is 32.2 Å². The van der Waals surface area contributed by atoms with Crippen LogP contribution in [0.1, 0.15) is 35.8 Å². The summed E-state index contributed by atoms with van der Waals surface area (Å²) in [4.78, 5) is 11.7. The van der Waals surface area contributed by atoms with Crippen LogP contribution in [0.25, 0.3) is 16.8 Å². The molecule has 1 atom stereocenters. The van der Waals surface area contributed by atoms with E-state index >= 15 is 0 Å². The van der Waals surface area contributed by atoms with Gasteiger partial charge in [-0.1, -0.05) is 30.3 Å². The highest BCUT2D eigenvalue weighted by molar-refractivity contribution is 5.65. The number of aryl methyl sites for hydroxylation is 1. The number of hydrogen-bond acceptors (Lipinski definition) is 4. The summed E-state index contributed by atoms with van der Waals surface area (Å²) in [6, 6.07) is 16.8. The molecule has 5 nitrogen and oxygen atoms in total. The van der Waals surface area contributed by atoms with Crippen molar-refractivity contribution in [3.8, 4) is 16.8 Å². The molecule has 0 amide bonds. The van der Waals surface area contributed by atoms with Crippen LogP contribution in [0, 0.1) is 12.7 Å². The Kier molecular flexibility index (Phi) is 5.77. The Morgan fingerprint density at radius 1 is 1.03 bits per heavy atom. The van der Waals surface area contributed by atoms with Crippen molar-refractivity contribution in [2.24, 2.45) is 0 Å². The summed E-state index contributed by atoms with van der Waals surface area (Å²) in [6.45, 7) is 4.78. The fraction of sp³-hybridized carbons (Fsp3) is 0.269. The van der Waals surface area contributed by atoms with Gasteiger partial charge in [-0.25, -0.2) is 19.0 Å². The van der Waals surface area contributed by atoms with Crippen LogP contribution in [0.15, 0.2) is 73.2 Å². The quantitative estimate of drug-likeness (QED) is 0.442. The van der Waals surface area contributed by atoms with Gasteiger partial charge in [0.15, 0.2) is 0 Å². The lowest BCUT2D eigenvalue weighted by atomic mass is 9.89. The molecule has 3 heterocycles. The molecular formula is C26H26FN5. The van der Waals surface area contributed by atoms with Gasteiger partial charge in [0.1, 0.15) is 11.6 Å². The van der Waals surface area contributed by atoms with Gasteiger partial charge in [0.05, 0.1) is 17.6 Å². The Morgan fingerprint density at radius 2 is 1.84 bits per heavy atom. The van der Waals surface area contributed by atoms with Crippen LogP contribution in [-0.2, 0) is 6.54 Å². The largest absolute Gasteiger partial charge is 0.298 e. The molecule has 0 spiro atoms. The Balaban J connectivity index is 1.35. The summed E-state index contributed by atoms with van der Waals surface area (Å²) in [5.41, 5.74) is 5.29. The molecule has 6 heteroatoms. The first-order valence-electron chi connectivity index (χ1n) is 11.1. The second kappa shape index (κ2) is 9.01. The number of piperidine rings is 1. The fourth-order valence-corrected chi connectivity index (χ4v) is 4.49. The summed E-state index contributed by atoms with van der Waals surface area (Å²) in [6.07, 6.45) is 8.15. The number of rotatable bonds is 5. The molecular weight excluding hydrogens is 401 g/mol. The molecule has 1 fully saturated rings. The van der Waals surface area contributed by atoms with Crippen LogP contribution in [0.3, 0.4) is 0 Å². The van der Waals surface area contributed by atoms with Gasteiger partial charge < -0.3 is 0 Å². The van der Waals surface area contributed by atoms with E-state index in [2.05, 4.69) is 33.3 Å².